The SMILES string of the molecule is Br.C[C@@H]1CC[C@@H](C)N1. The summed E-state index contributed by atoms with van der Waals surface area (Å²) in [6.45, 7) is 4.48. The molecule has 1 fully saturated rings. The molecular formula is C6H14BrN. The smallest absolute Gasteiger partial charge is 0.00417 e. The molecule has 1 N–H and O–H groups in total. The highest BCUT2D eigenvalue weighted by Crippen LogP contribution is 2.09. The van der Waals surface area contributed by atoms with Gasteiger partial charge in [-0.1, -0.05) is 0 Å². The third-order valence-corrected chi connectivity index (χ3v) is 1.60. The molecule has 1 aliphatic heterocycles. The minimum absolute atomic E-state index is 0. The second-order valence-corrected chi connectivity index (χ2v) is 2.55. The van der Waals surface area contributed by atoms with Crippen molar-refractivity contribution < 1.29 is 0 Å². The van der Waals surface area contributed by atoms with Gasteiger partial charge in [0.1, 0.15) is 0 Å². The summed E-state index contributed by atoms with van der Waals surface area (Å²) in [5.74, 6) is 0. The van der Waals surface area contributed by atoms with Crippen molar-refractivity contribution in [2.75, 3.05) is 0 Å². The Morgan fingerprint density at radius 2 is 1.50 bits per heavy atom. The summed E-state index contributed by atoms with van der Waals surface area (Å²) in [5.41, 5.74) is 0. The molecule has 0 aliphatic carbocycles. The van der Waals surface area contributed by atoms with Crippen LogP contribution in [0.5, 0.6) is 0 Å². The van der Waals surface area contributed by atoms with Gasteiger partial charge in [-0.2, -0.15) is 0 Å². The second-order valence-electron chi connectivity index (χ2n) is 2.55. The molecule has 0 amide bonds. The lowest BCUT2D eigenvalue weighted by Crippen LogP contribution is -2.23. The number of nitrogens with one attached hydrogen (secondary N) is 1. The van der Waals surface area contributed by atoms with Crippen LogP contribution in [0.4, 0.5) is 0 Å². The molecule has 0 aromatic carbocycles. The average Bonchev–Trinajstić information content (AvgIpc) is 1.87. The van der Waals surface area contributed by atoms with Crippen LogP contribution in [0.2, 0.25) is 0 Å². The molecule has 0 unspecified atom stereocenters. The lowest BCUT2D eigenvalue weighted by atomic mass is 10.2. The molecule has 8 heavy (non-hydrogen) atoms. The van der Waals surface area contributed by atoms with Crippen LogP contribution in [0.1, 0.15) is 26.7 Å². The zero-order valence-electron chi connectivity index (χ0n) is 5.48. The Bertz CT molecular complexity index is 57.5. The highest BCUT2D eigenvalue weighted by Gasteiger charge is 2.14. The van der Waals surface area contributed by atoms with Crippen molar-refractivity contribution in [1.82, 2.24) is 5.32 Å². The van der Waals surface area contributed by atoms with E-state index in [-0.39, 0.29) is 17.0 Å². The Hall–Kier alpha value is 0.440. The monoisotopic (exact) mass is 179 g/mol. The largest absolute Gasteiger partial charge is 0.312 e. The predicted octanol–water partition coefficient (Wildman–Crippen LogP) is 1.72. The van der Waals surface area contributed by atoms with Gasteiger partial charge in [-0.3, -0.25) is 0 Å². The van der Waals surface area contributed by atoms with Crippen LogP contribution in [0.3, 0.4) is 0 Å². The number of rotatable bonds is 0. The topological polar surface area (TPSA) is 12.0 Å². The quantitative estimate of drug-likeness (QED) is 0.598. The van der Waals surface area contributed by atoms with E-state index in [0.717, 1.165) is 12.1 Å². The molecule has 1 rings (SSSR count). The minimum atomic E-state index is 0. The Morgan fingerprint density at radius 3 is 1.62 bits per heavy atom. The first-order valence-electron chi connectivity index (χ1n) is 3.05. The summed E-state index contributed by atoms with van der Waals surface area (Å²) < 4.78 is 0. The molecule has 2 heteroatoms. The lowest BCUT2D eigenvalue weighted by Gasteiger charge is -2.01. The Labute approximate surface area is 61.6 Å². The third kappa shape index (κ3) is 2.14. The zero-order valence-corrected chi connectivity index (χ0v) is 7.19. The van der Waals surface area contributed by atoms with Crippen LogP contribution in [0.25, 0.3) is 0 Å². The molecule has 0 aromatic rings. The molecule has 0 aromatic heterocycles. The highest BCUT2D eigenvalue weighted by atomic mass is 79.9. The van der Waals surface area contributed by atoms with Gasteiger partial charge < -0.3 is 5.32 Å². The van der Waals surface area contributed by atoms with Crippen LogP contribution in [-0.4, -0.2) is 12.1 Å². The average molecular weight is 180 g/mol. The molecule has 0 radical (unpaired) electrons. The van der Waals surface area contributed by atoms with Crippen LogP contribution < -0.4 is 5.32 Å². The fourth-order valence-corrected chi connectivity index (χ4v) is 1.15. The standard InChI is InChI=1S/C6H13N.BrH/c1-5-3-4-6(2)7-5;/h5-7H,3-4H2,1-2H3;1H/t5-,6-;/m1./s1. The minimum Gasteiger partial charge on any atom is -0.312 e. The highest BCUT2D eigenvalue weighted by molar-refractivity contribution is 8.93. The first kappa shape index (κ1) is 8.44. The van der Waals surface area contributed by atoms with Gasteiger partial charge in [0, 0.05) is 12.1 Å². The van der Waals surface area contributed by atoms with Crippen molar-refractivity contribution >= 4 is 17.0 Å². The molecule has 1 nitrogen and oxygen atoms in total. The van der Waals surface area contributed by atoms with E-state index in [9.17, 15) is 0 Å². The van der Waals surface area contributed by atoms with E-state index in [1.165, 1.54) is 12.8 Å². The Morgan fingerprint density at radius 1 is 1.12 bits per heavy atom. The van der Waals surface area contributed by atoms with E-state index in [1.807, 2.05) is 0 Å². The van der Waals surface area contributed by atoms with E-state index in [0.29, 0.717) is 0 Å². The fourth-order valence-electron chi connectivity index (χ4n) is 1.15. The van der Waals surface area contributed by atoms with Crippen molar-refractivity contribution in [2.24, 2.45) is 0 Å². The van der Waals surface area contributed by atoms with E-state index in [4.69, 9.17) is 0 Å². The van der Waals surface area contributed by atoms with Gasteiger partial charge in [0.15, 0.2) is 0 Å². The molecule has 50 valence electrons. The molecular weight excluding hydrogens is 166 g/mol. The molecule has 1 heterocycles. The number of hydrogen-bond acceptors (Lipinski definition) is 1. The maximum Gasteiger partial charge on any atom is 0.00417 e. The van der Waals surface area contributed by atoms with Gasteiger partial charge in [-0.25, -0.2) is 0 Å². The van der Waals surface area contributed by atoms with Crippen LogP contribution in [0, 0.1) is 0 Å². The normalized spacial score (nSPS) is 36.8. The van der Waals surface area contributed by atoms with Crippen LogP contribution in [0.15, 0.2) is 0 Å². The van der Waals surface area contributed by atoms with E-state index in [1.54, 1.807) is 0 Å². The van der Waals surface area contributed by atoms with Crippen molar-refractivity contribution in [1.29, 1.82) is 0 Å². The van der Waals surface area contributed by atoms with Gasteiger partial charge in [-0.15, -0.1) is 17.0 Å². The van der Waals surface area contributed by atoms with E-state index < -0.39 is 0 Å². The Kier molecular flexibility index (Phi) is 3.65. The van der Waals surface area contributed by atoms with Crippen molar-refractivity contribution in [3.8, 4) is 0 Å². The number of hydrogen-bond donors (Lipinski definition) is 1. The summed E-state index contributed by atoms with van der Waals surface area (Å²) >= 11 is 0. The number of halogens is 1. The predicted molar refractivity (Wildman–Crippen MR) is 41.6 cm³/mol. The molecule has 0 bridgehead atoms. The molecule has 1 saturated heterocycles. The van der Waals surface area contributed by atoms with Crippen molar-refractivity contribution in [3.63, 3.8) is 0 Å². The van der Waals surface area contributed by atoms with Gasteiger partial charge in [0.25, 0.3) is 0 Å². The molecule has 0 saturated carbocycles. The summed E-state index contributed by atoms with van der Waals surface area (Å²) in [5, 5.41) is 3.42. The first-order chi connectivity index (χ1) is 3.29. The van der Waals surface area contributed by atoms with Crippen LogP contribution >= 0.6 is 17.0 Å². The van der Waals surface area contributed by atoms with Crippen molar-refractivity contribution in [3.05, 3.63) is 0 Å². The van der Waals surface area contributed by atoms with E-state index in [2.05, 4.69) is 19.2 Å². The Balaban J connectivity index is 0.000000490. The summed E-state index contributed by atoms with van der Waals surface area (Å²) in [7, 11) is 0. The first-order valence-corrected chi connectivity index (χ1v) is 3.05. The van der Waals surface area contributed by atoms with Gasteiger partial charge >= 0.3 is 0 Å². The van der Waals surface area contributed by atoms with Crippen LogP contribution in [-0.2, 0) is 0 Å². The van der Waals surface area contributed by atoms with Gasteiger partial charge in [-0.05, 0) is 26.7 Å². The molecule has 2 atom stereocenters. The van der Waals surface area contributed by atoms with Crippen molar-refractivity contribution in [2.45, 2.75) is 38.8 Å². The van der Waals surface area contributed by atoms with Gasteiger partial charge in [0.2, 0.25) is 0 Å². The molecule has 1 aliphatic rings. The van der Waals surface area contributed by atoms with E-state index >= 15 is 0 Å². The summed E-state index contributed by atoms with van der Waals surface area (Å²) in [4.78, 5) is 0. The van der Waals surface area contributed by atoms with Gasteiger partial charge in [0.05, 0.1) is 0 Å². The molecule has 0 spiro atoms. The maximum atomic E-state index is 3.42. The fraction of sp³-hybridized carbons (Fsp3) is 1.00. The third-order valence-electron chi connectivity index (χ3n) is 1.60. The summed E-state index contributed by atoms with van der Waals surface area (Å²) in [6.07, 6.45) is 2.72. The second kappa shape index (κ2) is 3.46. The zero-order chi connectivity index (χ0) is 5.28. The summed E-state index contributed by atoms with van der Waals surface area (Å²) in [6, 6.07) is 1.55. The maximum absolute atomic E-state index is 3.42. The lowest BCUT2D eigenvalue weighted by molar-refractivity contribution is 0.596.